The van der Waals surface area contributed by atoms with Gasteiger partial charge in [-0.3, -0.25) is 0 Å². The predicted molar refractivity (Wildman–Crippen MR) is 54.8 cm³/mol. The summed E-state index contributed by atoms with van der Waals surface area (Å²) in [5.41, 5.74) is 4.15. The van der Waals surface area contributed by atoms with Crippen molar-refractivity contribution in [1.82, 2.24) is 0 Å². The van der Waals surface area contributed by atoms with Gasteiger partial charge in [0.1, 0.15) is 0 Å². The lowest BCUT2D eigenvalue weighted by molar-refractivity contribution is 1.45. The molecule has 0 heterocycles. The summed E-state index contributed by atoms with van der Waals surface area (Å²) in [5.74, 6) is 0. The van der Waals surface area contributed by atoms with Gasteiger partial charge in [-0.25, -0.2) is 0 Å². The van der Waals surface area contributed by atoms with Gasteiger partial charge < -0.3 is 5.73 Å². The Labute approximate surface area is 79.4 Å². The molecule has 0 aliphatic heterocycles. The van der Waals surface area contributed by atoms with Gasteiger partial charge in [0, 0.05) is 4.90 Å². The summed E-state index contributed by atoms with van der Waals surface area (Å²) in [5, 5.41) is 7.10. The third kappa shape index (κ3) is 11.6. The summed E-state index contributed by atoms with van der Waals surface area (Å²) in [7, 11) is 0. The zero-order valence-corrected chi connectivity index (χ0v) is 8.25. The van der Waals surface area contributed by atoms with Gasteiger partial charge in [-0.1, -0.05) is 32.0 Å². The van der Waals surface area contributed by atoms with E-state index in [2.05, 4.69) is 18.4 Å². The quantitative estimate of drug-likeness (QED) is 0.368. The Bertz CT molecular complexity index is 204. The molecule has 0 saturated heterocycles. The maximum absolute atomic E-state index is 7.10. The molecule has 0 amide bonds. The van der Waals surface area contributed by atoms with E-state index in [1.165, 1.54) is 6.19 Å². The fraction of sp³-hybridized carbons (Fsp3) is 0.222. The number of nitriles is 1. The third-order valence-electron chi connectivity index (χ3n) is 0.756. The van der Waals surface area contributed by atoms with E-state index in [1.807, 2.05) is 44.2 Å². The molecule has 0 bridgehead atoms. The minimum Gasteiger partial charge on any atom is -0.337 e. The van der Waals surface area contributed by atoms with Crippen LogP contribution in [-0.4, -0.2) is 0 Å². The molecule has 0 fully saturated rings. The highest BCUT2D eigenvalue weighted by Crippen LogP contribution is 2.00. The minimum atomic E-state index is 1.02. The Morgan fingerprint density at radius 2 is 1.58 bits per heavy atom. The second-order valence-corrected chi connectivity index (χ2v) is 1.98. The van der Waals surface area contributed by atoms with Crippen LogP contribution >= 0.6 is 12.6 Å². The zero-order valence-electron chi connectivity index (χ0n) is 7.36. The molecule has 3 heteroatoms. The minimum absolute atomic E-state index is 1.02. The normalized spacial score (nSPS) is 6.17. The van der Waals surface area contributed by atoms with Crippen LogP contribution in [-0.2, 0) is 0 Å². The summed E-state index contributed by atoms with van der Waals surface area (Å²) in [6, 6.07) is 9.79. The topological polar surface area (TPSA) is 49.8 Å². The molecule has 1 aromatic carbocycles. The van der Waals surface area contributed by atoms with Crippen molar-refractivity contribution >= 4 is 12.6 Å². The van der Waals surface area contributed by atoms with E-state index in [9.17, 15) is 0 Å². The molecule has 2 N–H and O–H groups in total. The zero-order chi connectivity index (χ0) is 9.82. The summed E-state index contributed by atoms with van der Waals surface area (Å²) >= 11 is 4.08. The van der Waals surface area contributed by atoms with E-state index in [0.29, 0.717) is 0 Å². The van der Waals surface area contributed by atoms with E-state index in [4.69, 9.17) is 5.26 Å². The first-order chi connectivity index (χ1) is 5.81. The van der Waals surface area contributed by atoms with Gasteiger partial charge in [-0.05, 0) is 12.1 Å². The highest BCUT2D eigenvalue weighted by Gasteiger charge is 1.73. The van der Waals surface area contributed by atoms with Crippen molar-refractivity contribution < 1.29 is 0 Å². The molecular weight excluding hydrogens is 168 g/mol. The Morgan fingerprint density at radius 1 is 1.25 bits per heavy atom. The Hall–Kier alpha value is -1.14. The van der Waals surface area contributed by atoms with Crippen LogP contribution in [0.3, 0.4) is 0 Å². The number of nitrogens with two attached hydrogens (primary N) is 1. The maximum Gasteiger partial charge on any atom is 0.173 e. The van der Waals surface area contributed by atoms with Crippen LogP contribution in [0.4, 0.5) is 0 Å². The highest BCUT2D eigenvalue weighted by molar-refractivity contribution is 7.80. The average molecular weight is 182 g/mol. The molecular formula is C9H14N2S. The summed E-state index contributed by atoms with van der Waals surface area (Å²) < 4.78 is 0. The van der Waals surface area contributed by atoms with Gasteiger partial charge in [0.05, 0.1) is 0 Å². The van der Waals surface area contributed by atoms with Gasteiger partial charge in [-0.2, -0.15) is 5.26 Å². The number of thiol groups is 1. The van der Waals surface area contributed by atoms with Crippen LogP contribution in [0.5, 0.6) is 0 Å². The standard InChI is InChI=1S/C6H6S.C2H6.CH2N2/c7-6-4-2-1-3-5-6;1-2;2-1-3/h1-5,7H;1-2H3;2H2. The number of benzene rings is 1. The molecule has 1 aromatic rings. The molecule has 2 nitrogen and oxygen atoms in total. The molecule has 0 aromatic heterocycles. The lowest BCUT2D eigenvalue weighted by Crippen LogP contribution is -1.69. The predicted octanol–water partition coefficient (Wildman–Crippen LogP) is 2.43. The molecule has 12 heavy (non-hydrogen) atoms. The van der Waals surface area contributed by atoms with E-state index < -0.39 is 0 Å². The molecule has 1 rings (SSSR count). The first-order valence-corrected chi connectivity index (χ1v) is 4.09. The lowest BCUT2D eigenvalue weighted by atomic mass is 10.4. The second-order valence-electron chi connectivity index (χ2n) is 1.46. The Balaban J connectivity index is 0. The number of hydrogen-bond acceptors (Lipinski definition) is 3. The molecule has 0 aliphatic rings. The van der Waals surface area contributed by atoms with E-state index in [0.717, 1.165) is 4.90 Å². The number of hydrogen-bond donors (Lipinski definition) is 2. The SMILES string of the molecule is CC.N#CN.Sc1ccccc1. The van der Waals surface area contributed by atoms with Gasteiger partial charge in [0.25, 0.3) is 0 Å². The van der Waals surface area contributed by atoms with Crippen LogP contribution in [0, 0.1) is 11.5 Å². The molecule has 0 saturated carbocycles. The van der Waals surface area contributed by atoms with Crippen LogP contribution in [0.2, 0.25) is 0 Å². The number of nitrogens with zero attached hydrogens (tertiary/aromatic N) is 1. The van der Waals surface area contributed by atoms with Gasteiger partial charge >= 0.3 is 0 Å². The van der Waals surface area contributed by atoms with Gasteiger partial charge in [0.2, 0.25) is 0 Å². The molecule has 0 atom stereocenters. The van der Waals surface area contributed by atoms with E-state index in [1.54, 1.807) is 0 Å². The van der Waals surface area contributed by atoms with Crippen LogP contribution in [0.15, 0.2) is 35.2 Å². The fourth-order valence-corrected chi connectivity index (χ4v) is 0.600. The van der Waals surface area contributed by atoms with Crippen molar-refractivity contribution in [3.63, 3.8) is 0 Å². The van der Waals surface area contributed by atoms with Gasteiger partial charge in [0.15, 0.2) is 6.19 Å². The fourth-order valence-electron chi connectivity index (χ4n) is 0.428. The van der Waals surface area contributed by atoms with Crippen LogP contribution in [0.25, 0.3) is 0 Å². The first kappa shape index (κ1) is 13.4. The van der Waals surface area contributed by atoms with E-state index >= 15 is 0 Å². The van der Waals surface area contributed by atoms with Crippen molar-refractivity contribution in [3.05, 3.63) is 30.3 Å². The lowest BCUT2D eigenvalue weighted by Gasteiger charge is -1.81. The number of rotatable bonds is 0. The van der Waals surface area contributed by atoms with Crippen molar-refractivity contribution in [1.29, 1.82) is 5.26 Å². The van der Waals surface area contributed by atoms with Crippen molar-refractivity contribution in [2.75, 3.05) is 0 Å². The molecule has 0 spiro atoms. The highest BCUT2D eigenvalue weighted by atomic mass is 32.1. The molecule has 66 valence electrons. The van der Waals surface area contributed by atoms with Gasteiger partial charge in [-0.15, -0.1) is 12.6 Å². The van der Waals surface area contributed by atoms with Crippen LogP contribution in [0.1, 0.15) is 13.8 Å². The second kappa shape index (κ2) is 12.5. The van der Waals surface area contributed by atoms with Crippen LogP contribution < -0.4 is 5.73 Å². The smallest absolute Gasteiger partial charge is 0.173 e. The largest absolute Gasteiger partial charge is 0.337 e. The van der Waals surface area contributed by atoms with E-state index in [-0.39, 0.29) is 0 Å². The average Bonchev–Trinajstić information content (AvgIpc) is 2.11. The summed E-state index contributed by atoms with van der Waals surface area (Å²) in [4.78, 5) is 1.02. The summed E-state index contributed by atoms with van der Waals surface area (Å²) in [6.45, 7) is 4.00. The third-order valence-corrected chi connectivity index (χ3v) is 1.05. The van der Waals surface area contributed by atoms with Crippen molar-refractivity contribution in [3.8, 4) is 6.19 Å². The monoisotopic (exact) mass is 182 g/mol. The molecule has 0 radical (unpaired) electrons. The maximum atomic E-state index is 7.10. The first-order valence-electron chi connectivity index (χ1n) is 3.65. The molecule has 0 aliphatic carbocycles. The Kier molecular flexibility index (Phi) is 14.0. The molecule has 0 unspecified atom stereocenters. The Morgan fingerprint density at radius 3 is 1.75 bits per heavy atom. The van der Waals surface area contributed by atoms with Crippen molar-refractivity contribution in [2.45, 2.75) is 18.7 Å². The summed E-state index contributed by atoms with van der Waals surface area (Å²) in [6.07, 6.45) is 1.25. The van der Waals surface area contributed by atoms with Crippen molar-refractivity contribution in [2.24, 2.45) is 5.73 Å².